The Balaban J connectivity index is 1.82. The van der Waals surface area contributed by atoms with Crippen molar-refractivity contribution in [1.82, 2.24) is 4.90 Å². The van der Waals surface area contributed by atoms with Crippen LogP contribution in [-0.2, 0) is 11.3 Å². The van der Waals surface area contributed by atoms with E-state index in [4.69, 9.17) is 0 Å². The van der Waals surface area contributed by atoms with Crippen LogP contribution in [0.4, 0.5) is 9.18 Å². The van der Waals surface area contributed by atoms with Crippen molar-refractivity contribution in [2.45, 2.75) is 6.54 Å². The van der Waals surface area contributed by atoms with E-state index in [1.807, 2.05) is 24.3 Å². The number of carbonyl (C=O) groups excluding carboxylic acids is 2. The molecule has 1 heterocycles. The van der Waals surface area contributed by atoms with E-state index < -0.39 is 11.7 Å². The third-order valence-corrected chi connectivity index (χ3v) is 4.76. The van der Waals surface area contributed by atoms with Crippen LogP contribution in [0.3, 0.4) is 0 Å². The third-order valence-electron chi connectivity index (χ3n) is 3.32. The fourth-order valence-electron chi connectivity index (χ4n) is 2.14. The second-order valence-electron chi connectivity index (χ2n) is 4.92. The standard InChI is InChI=1S/C17H11BrFNO2S/c18-13-7-5-11(6-8-13)10-20-16(21)15(23-17(20)22)9-12-3-1-2-4-14(12)19/h1-9H,10H2/b15-9+. The quantitative estimate of drug-likeness (QED) is 0.703. The third kappa shape index (κ3) is 3.54. The van der Waals surface area contributed by atoms with Gasteiger partial charge in [-0.05, 0) is 41.6 Å². The second-order valence-corrected chi connectivity index (χ2v) is 6.82. The Labute approximate surface area is 145 Å². The van der Waals surface area contributed by atoms with Crippen LogP contribution in [0.15, 0.2) is 57.9 Å². The average molecular weight is 392 g/mol. The fraction of sp³-hybridized carbons (Fsp3) is 0.0588. The van der Waals surface area contributed by atoms with Gasteiger partial charge in [-0.3, -0.25) is 14.5 Å². The predicted octanol–water partition coefficient (Wildman–Crippen LogP) is 4.82. The first-order chi connectivity index (χ1) is 11.0. The molecule has 1 aliphatic rings. The van der Waals surface area contributed by atoms with Crippen LogP contribution in [0.1, 0.15) is 11.1 Å². The SMILES string of the molecule is O=C1S/C(=C/c2ccccc2F)C(=O)N1Cc1ccc(Br)cc1. The van der Waals surface area contributed by atoms with Gasteiger partial charge in [0.25, 0.3) is 11.1 Å². The van der Waals surface area contributed by atoms with E-state index in [1.165, 1.54) is 17.0 Å². The van der Waals surface area contributed by atoms with Gasteiger partial charge in [0.15, 0.2) is 0 Å². The molecule has 2 amide bonds. The van der Waals surface area contributed by atoms with Gasteiger partial charge in [0.05, 0.1) is 11.4 Å². The van der Waals surface area contributed by atoms with Crippen molar-refractivity contribution in [3.05, 3.63) is 74.9 Å². The van der Waals surface area contributed by atoms with Gasteiger partial charge in [-0.1, -0.05) is 46.3 Å². The summed E-state index contributed by atoms with van der Waals surface area (Å²) in [6.45, 7) is 0.201. The summed E-state index contributed by atoms with van der Waals surface area (Å²) in [4.78, 5) is 25.9. The Kier molecular flexibility index (Phi) is 4.63. The monoisotopic (exact) mass is 391 g/mol. The lowest BCUT2D eigenvalue weighted by Gasteiger charge is -2.12. The number of carbonyl (C=O) groups is 2. The molecule has 3 nitrogen and oxygen atoms in total. The largest absolute Gasteiger partial charge is 0.293 e. The molecule has 1 fully saturated rings. The van der Waals surface area contributed by atoms with Crippen LogP contribution < -0.4 is 0 Å². The molecule has 1 aliphatic heterocycles. The van der Waals surface area contributed by atoms with Crippen LogP contribution >= 0.6 is 27.7 Å². The first-order valence-electron chi connectivity index (χ1n) is 6.79. The van der Waals surface area contributed by atoms with Gasteiger partial charge in [-0.25, -0.2) is 4.39 Å². The highest BCUT2D eigenvalue weighted by molar-refractivity contribution is 9.10. The summed E-state index contributed by atoms with van der Waals surface area (Å²) in [6, 6.07) is 13.5. The predicted molar refractivity (Wildman–Crippen MR) is 92.1 cm³/mol. The van der Waals surface area contributed by atoms with Crippen molar-refractivity contribution in [2.75, 3.05) is 0 Å². The van der Waals surface area contributed by atoms with Gasteiger partial charge in [-0.15, -0.1) is 0 Å². The Bertz CT molecular complexity index is 804. The first-order valence-corrected chi connectivity index (χ1v) is 8.40. The highest BCUT2D eigenvalue weighted by Crippen LogP contribution is 2.33. The molecule has 23 heavy (non-hydrogen) atoms. The summed E-state index contributed by atoms with van der Waals surface area (Å²) < 4.78 is 14.6. The summed E-state index contributed by atoms with van der Waals surface area (Å²) in [5, 5.41) is -0.347. The molecule has 0 unspecified atom stereocenters. The number of thioether (sulfide) groups is 1. The number of imide groups is 1. The van der Waals surface area contributed by atoms with E-state index in [9.17, 15) is 14.0 Å². The first kappa shape index (κ1) is 16.0. The van der Waals surface area contributed by atoms with Gasteiger partial charge < -0.3 is 0 Å². The maximum Gasteiger partial charge on any atom is 0.293 e. The molecule has 0 aromatic heterocycles. The van der Waals surface area contributed by atoms with Crippen LogP contribution in [-0.4, -0.2) is 16.0 Å². The molecule has 0 atom stereocenters. The Morgan fingerprint density at radius 1 is 1.09 bits per heavy atom. The Hall–Kier alpha value is -1.92. The molecule has 0 saturated carbocycles. The maximum absolute atomic E-state index is 13.7. The zero-order valence-electron chi connectivity index (χ0n) is 11.8. The van der Waals surface area contributed by atoms with E-state index >= 15 is 0 Å². The molecule has 116 valence electrons. The maximum atomic E-state index is 13.7. The summed E-state index contributed by atoms with van der Waals surface area (Å²) in [7, 11) is 0. The fourth-order valence-corrected chi connectivity index (χ4v) is 3.24. The number of nitrogens with zero attached hydrogens (tertiary/aromatic N) is 1. The average Bonchev–Trinajstić information content (AvgIpc) is 2.79. The highest BCUT2D eigenvalue weighted by atomic mass is 79.9. The summed E-state index contributed by atoms with van der Waals surface area (Å²) >= 11 is 4.17. The van der Waals surface area contributed by atoms with Gasteiger partial charge in [0.2, 0.25) is 0 Å². The van der Waals surface area contributed by atoms with Crippen molar-refractivity contribution in [1.29, 1.82) is 0 Å². The molecule has 1 saturated heterocycles. The lowest BCUT2D eigenvalue weighted by molar-refractivity contribution is -0.123. The number of hydrogen-bond donors (Lipinski definition) is 0. The molecule has 0 N–H and O–H groups in total. The van der Waals surface area contributed by atoms with E-state index in [0.29, 0.717) is 5.56 Å². The highest BCUT2D eigenvalue weighted by Gasteiger charge is 2.35. The van der Waals surface area contributed by atoms with Crippen LogP contribution in [0, 0.1) is 5.82 Å². The van der Waals surface area contributed by atoms with Gasteiger partial charge in [-0.2, -0.15) is 0 Å². The molecule has 3 rings (SSSR count). The number of rotatable bonds is 3. The molecule has 6 heteroatoms. The normalized spacial score (nSPS) is 16.4. The minimum Gasteiger partial charge on any atom is -0.268 e. The molecule has 2 aromatic carbocycles. The Morgan fingerprint density at radius 3 is 2.48 bits per heavy atom. The van der Waals surface area contributed by atoms with E-state index in [1.54, 1.807) is 18.2 Å². The van der Waals surface area contributed by atoms with Crippen molar-refractivity contribution in [2.24, 2.45) is 0 Å². The van der Waals surface area contributed by atoms with Crippen LogP contribution in [0.5, 0.6) is 0 Å². The summed E-state index contributed by atoms with van der Waals surface area (Å²) in [6.07, 6.45) is 1.42. The van der Waals surface area contributed by atoms with Crippen molar-refractivity contribution in [3.8, 4) is 0 Å². The van der Waals surface area contributed by atoms with Gasteiger partial charge in [0, 0.05) is 10.0 Å². The molecule has 0 spiro atoms. The topological polar surface area (TPSA) is 37.4 Å². The number of halogens is 2. The van der Waals surface area contributed by atoms with Gasteiger partial charge >= 0.3 is 0 Å². The molecule has 0 radical (unpaired) electrons. The lowest BCUT2D eigenvalue weighted by atomic mass is 10.2. The molecule has 0 bridgehead atoms. The smallest absolute Gasteiger partial charge is 0.268 e. The van der Waals surface area contributed by atoms with Crippen molar-refractivity contribution < 1.29 is 14.0 Å². The molecular formula is C17H11BrFNO2S. The second kappa shape index (κ2) is 6.68. The van der Waals surface area contributed by atoms with Crippen LogP contribution in [0.25, 0.3) is 6.08 Å². The molecular weight excluding hydrogens is 381 g/mol. The zero-order valence-corrected chi connectivity index (χ0v) is 14.2. The molecule has 0 aliphatic carbocycles. The summed E-state index contributed by atoms with van der Waals surface area (Å²) in [5.74, 6) is -0.821. The zero-order chi connectivity index (χ0) is 16.4. The van der Waals surface area contributed by atoms with E-state index in [0.717, 1.165) is 21.8 Å². The summed E-state index contributed by atoms with van der Waals surface area (Å²) in [5.41, 5.74) is 1.14. The minimum atomic E-state index is -0.424. The lowest BCUT2D eigenvalue weighted by Crippen LogP contribution is -2.27. The minimum absolute atomic E-state index is 0.201. The number of amides is 2. The van der Waals surface area contributed by atoms with Crippen molar-refractivity contribution in [3.63, 3.8) is 0 Å². The van der Waals surface area contributed by atoms with Gasteiger partial charge in [0.1, 0.15) is 5.82 Å². The van der Waals surface area contributed by atoms with Crippen LogP contribution in [0.2, 0.25) is 0 Å². The molecule has 2 aromatic rings. The Morgan fingerprint density at radius 2 is 1.78 bits per heavy atom. The van der Waals surface area contributed by atoms with E-state index in [-0.39, 0.29) is 16.7 Å². The van der Waals surface area contributed by atoms with Crippen molar-refractivity contribution >= 4 is 44.9 Å². The number of benzene rings is 2. The number of hydrogen-bond acceptors (Lipinski definition) is 3. The van der Waals surface area contributed by atoms with E-state index in [2.05, 4.69) is 15.9 Å².